The first-order valence-corrected chi connectivity index (χ1v) is 13.4. The summed E-state index contributed by atoms with van der Waals surface area (Å²) in [6.45, 7) is 2.19. The van der Waals surface area contributed by atoms with Crippen LogP contribution in [0.15, 0.2) is 164 Å². The lowest BCUT2D eigenvalue weighted by Gasteiger charge is -2.37. The molecule has 0 aliphatic heterocycles. The molecule has 6 aromatic rings. The summed E-state index contributed by atoms with van der Waals surface area (Å²) in [4.78, 5) is 0. The summed E-state index contributed by atoms with van der Waals surface area (Å²) in [6.07, 6.45) is 0. The zero-order valence-corrected chi connectivity index (χ0v) is 22.0. The fraction of sp³-hybridized carbons (Fsp3) is 0.0270. The average Bonchev–Trinajstić information content (AvgIpc) is 3.02. The molecule has 0 bridgehead atoms. The van der Waals surface area contributed by atoms with Gasteiger partial charge in [-0.25, -0.2) is 5.43 Å². The van der Waals surface area contributed by atoms with Crippen molar-refractivity contribution < 1.29 is 0 Å². The van der Waals surface area contributed by atoms with E-state index in [2.05, 4.69) is 176 Å². The van der Waals surface area contributed by atoms with Crippen molar-refractivity contribution in [2.24, 2.45) is 0 Å². The fourth-order valence-corrected chi connectivity index (χ4v) is 5.38. The molecule has 0 radical (unpaired) electrons. The Balaban J connectivity index is 1.53. The van der Waals surface area contributed by atoms with E-state index in [1.807, 2.05) is 0 Å². The van der Waals surface area contributed by atoms with Crippen molar-refractivity contribution >= 4 is 22.7 Å². The van der Waals surface area contributed by atoms with Gasteiger partial charge in [-0.05, 0) is 35.2 Å². The number of nitrogens with one attached hydrogen (secondary N) is 1. The summed E-state index contributed by atoms with van der Waals surface area (Å²) < 4.78 is 0.348. The van der Waals surface area contributed by atoms with Gasteiger partial charge in [0.15, 0.2) is 17.1 Å². The Kier molecular flexibility index (Phi) is 6.78. The number of anilines is 1. The van der Waals surface area contributed by atoms with E-state index in [1.165, 1.54) is 27.8 Å². The van der Waals surface area contributed by atoms with Crippen molar-refractivity contribution in [2.45, 2.75) is 6.92 Å². The lowest BCUT2D eigenvalue weighted by atomic mass is 9.96. The maximum Gasteiger partial charge on any atom is 0.167 e. The maximum atomic E-state index is 4.03. The van der Waals surface area contributed by atoms with Crippen LogP contribution < -0.4 is 10.0 Å². The number of hydrogen-bond acceptors (Lipinski definition) is 1. The molecule has 1 N–H and O–H groups in total. The second kappa shape index (κ2) is 10.8. The standard InChI is InChI=1S/C37H31N2/c1-29-15-14-24-36(37(29)32-27-25-31(26-28-32)30-16-6-2-7-17-30)38-39(33-18-8-3-9-19-33,34-20-10-4-11-21-34)35-22-12-5-13-23-35/h2-28,38H,1H3/q+1. The van der Waals surface area contributed by atoms with E-state index >= 15 is 0 Å². The molecule has 0 spiro atoms. The molecule has 0 saturated heterocycles. The van der Waals surface area contributed by atoms with Gasteiger partial charge in [-0.15, -0.1) is 4.59 Å². The lowest BCUT2D eigenvalue weighted by Crippen LogP contribution is -2.44. The van der Waals surface area contributed by atoms with Gasteiger partial charge in [0.1, 0.15) is 0 Å². The van der Waals surface area contributed by atoms with Gasteiger partial charge in [0.25, 0.3) is 0 Å². The molecule has 0 atom stereocenters. The third kappa shape index (κ3) is 4.74. The van der Waals surface area contributed by atoms with Crippen molar-refractivity contribution in [3.05, 3.63) is 169 Å². The highest BCUT2D eigenvalue weighted by molar-refractivity contribution is 5.85. The number of para-hydroxylation sites is 3. The van der Waals surface area contributed by atoms with Crippen molar-refractivity contribution in [3.63, 3.8) is 0 Å². The predicted octanol–water partition coefficient (Wildman–Crippen LogP) is 10.3. The van der Waals surface area contributed by atoms with Crippen molar-refractivity contribution in [1.29, 1.82) is 0 Å². The van der Waals surface area contributed by atoms with Gasteiger partial charge in [0.05, 0.1) is 5.69 Å². The Labute approximate surface area is 231 Å². The Bertz CT molecular complexity index is 1550. The highest BCUT2D eigenvalue weighted by Crippen LogP contribution is 2.45. The first-order chi connectivity index (χ1) is 19.3. The van der Waals surface area contributed by atoms with Gasteiger partial charge >= 0.3 is 0 Å². The van der Waals surface area contributed by atoms with Crippen LogP contribution >= 0.6 is 0 Å². The van der Waals surface area contributed by atoms with E-state index in [-0.39, 0.29) is 0 Å². The van der Waals surface area contributed by atoms with Crippen LogP contribution in [0.25, 0.3) is 22.3 Å². The van der Waals surface area contributed by atoms with E-state index in [4.69, 9.17) is 0 Å². The molecule has 2 nitrogen and oxygen atoms in total. The molecule has 0 amide bonds. The maximum absolute atomic E-state index is 4.03. The number of quaternary nitrogens is 1. The molecule has 0 aromatic heterocycles. The van der Waals surface area contributed by atoms with Crippen LogP contribution in [0.3, 0.4) is 0 Å². The van der Waals surface area contributed by atoms with Gasteiger partial charge < -0.3 is 0 Å². The normalized spacial score (nSPS) is 11.2. The number of nitrogens with zero attached hydrogens (tertiary/aromatic N) is 1. The minimum atomic E-state index is 0.348. The number of aryl methyl sites for hydroxylation is 1. The van der Waals surface area contributed by atoms with E-state index in [0.717, 1.165) is 22.7 Å². The number of rotatable bonds is 7. The summed E-state index contributed by atoms with van der Waals surface area (Å²) >= 11 is 0. The third-order valence-electron chi connectivity index (χ3n) is 7.27. The summed E-state index contributed by atoms with van der Waals surface area (Å²) in [5, 5.41) is 0. The van der Waals surface area contributed by atoms with Gasteiger partial charge in [-0.1, -0.05) is 121 Å². The number of hydrogen-bond donors (Lipinski definition) is 1. The fourth-order valence-electron chi connectivity index (χ4n) is 5.38. The largest absolute Gasteiger partial charge is 0.221 e. The van der Waals surface area contributed by atoms with Crippen LogP contribution in [0.5, 0.6) is 0 Å². The van der Waals surface area contributed by atoms with Crippen molar-refractivity contribution in [1.82, 2.24) is 4.59 Å². The molecular weight excluding hydrogens is 472 g/mol. The van der Waals surface area contributed by atoms with Crippen LogP contribution in [-0.4, -0.2) is 0 Å². The van der Waals surface area contributed by atoms with Crippen LogP contribution in [-0.2, 0) is 0 Å². The van der Waals surface area contributed by atoms with Crippen molar-refractivity contribution in [2.75, 3.05) is 5.43 Å². The molecule has 0 fully saturated rings. The molecule has 0 aliphatic carbocycles. The van der Waals surface area contributed by atoms with Gasteiger partial charge in [0.2, 0.25) is 0 Å². The zero-order chi connectivity index (χ0) is 26.5. The molecule has 6 aromatic carbocycles. The molecule has 0 unspecified atom stereocenters. The second-order valence-corrected chi connectivity index (χ2v) is 9.73. The molecule has 0 aliphatic rings. The molecule has 0 heterocycles. The van der Waals surface area contributed by atoms with Gasteiger partial charge in [-0.2, -0.15) is 0 Å². The molecular formula is C37H31N2+. The predicted molar refractivity (Wildman–Crippen MR) is 166 cm³/mol. The van der Waals surface area contributed by atoms with Crippen LogP contribution in [0.4, 0.5) is 22.7 Å². The molecule has 188 valence electrons. The average molecular weight is 504 g/mol. The quantitative estimate of drug-likeness (QED) is 0.169. The first kappa shape index (κ1) is 24.4. The Morgan fingerprint density at radius 3 is 1.28 bits per heavy atom. The van der Waals surface area contributed by atoms with E-state index < -0.39 is 0 Å². The minimum absolute atomic E-state index is 0.348. The Hall–Kier alpha value is -4.92. The van der Waals surface area contributed by atoms with E-state index in [0.29, 0.717) is 4.59 Å². The molecule has 2 heteroatoms. The molecule has 6 rings (SSSR count). The van der Waals surface area contributed by atoms with Crippen LogP contribution in [0, 0.1) is 6.92 Å². The first-order valence-electron chi connectivity index (χ1n) is 13.4. The van der Waals surface area contributed by atoms with E-state index in [1.54, 1.807) is 0 Å². The third-order valence-corrected chi connectivity index (χ3v) is 7.27. The summed E-state index contributed by atoms with van der Waals surface area (Å²) in [6, 6.07) is 57.9. The Morgan fingerprint density at radius 2 is 0.795 bits per heavy atom. The van der Waals surface area contributed by atoms with Crippen molar-refractivity contribution in [3.8, 4) is 22.3 Å². The summed E-state index contributed by atoms with van der Waals surface area (Å²) in [5.74, 6) is 0. The Morgan fingerprint density at radius 1 is 0.385 bits per heavy atom. The van der Waals surface area contributed by atoms with E-state index in [9.17, 15) is 0 Å². The second-order valence-electron chi connectivity index (χ2n) is 9.73. The molecule has 0 saturated carbocycles. The van der Waals surface area contributed by atoms with Crippen LogP contribution in [0.1, 0.15) is 5.56 Å². The lowest BCUT2D eigenvalue weighted by molar-refractivity contribution is 0.614. The molecule has 39 heavy (non-hydrogen) atoms. The number of benzene rings is 6. The van der Waals surface area contributed by atoms with Crippen LogP contribution in [0.2, 0.25) is 0 Å². The van der Waals surface area contributed by atoms with Gasteiger partial charge in [-0.3, -0.25) is 0 Å². The highest BCUT2D eigenvalue weighted by Gasteiger charge is 2.38. The van der Waals surface area contributed by atoms with Gasteiger partial charge in [0, 0.05) is 42.0 Å². The monoisotopic (exact) mass is 503 g/mol. The smallest absolute Gasteiger partial charge is 0.167 e. The minimum Gasteiger partial charge on any atom is -0.221 e. The SMILES string of the molecule is Cc1cccc(N[N+](c2ccccc2)(c2ccccc2)c2ccccc2)c1-c1ccc(-c2ccccc2)cc1. The summed E-state index contributed by atoms with van der Waals surface area (Å²) in [7, 11) is 0. The topological polar surface area (TPSA) is 12.0 Å². The highest BCUT2D eigenvalue weighted by atomic mass is 15.7. The summed E-state index contributed by atoms with van der Waals surface area (Å²) in [5.41, 5.74) is 14.5. The zero-order valence-electron chi connectivity index (χ0n) is 22.0.